The quantitative estimate of drug-likeness (QED) is 0.840. The van der Waals surface area contributed by atoms with Crippen LogP contribution < -0.4 is 20.5 Å². The van der Waals surface area contributed by atoms with E-state index in [0.717, 1.165) is 23.7 Å². The normalized spacial score (nSPS) is 22.4. The van der Waals surface area contributed by atoms with Crippen LogP contribution in [-0.4, -0.2) is 26.3 Å². The van der Waals surface area contributed by atoms with Crippen LogP contribution in [0.5, 0.6) is 11.5 Å². The third-order valence-corrected chi connectivity index (χ3v) is 4.03. The molecule has 2 atom stereocenters. The van der Waals surface area contributed by atoms with Crippen LogP contribution in [-0.2, 0) is 0 Å². The average Bonchev–Trinajstić information content (AvgIpc) is 2.49. The van der Waals surface area contributed by atoms with E-state index in [1.165, 1.54) is 25.7 Å². The number of nitrogens with one attached hydrogen (secondary N) is 1. The van der Waals surface area contributed by atoms with Crippen molar-refractivity contribution in [3.05, 3.63) is 18.2 Å². The zero-order valence-corrected chi connectivity index (χ0v) is 12.5. The molecule has 20 heavy (non-hydrogen) atoms. The summed E-state index contributed by atoms with van der Waals surface area (Å²) in [6.45, 7) is 3.37. The second-order valence-electron chi connectivity index (χ2n) is 5.33. The summed E-state index contributed by atoms with van der Waals surface area (Å²) in [4.78, 5) is 0. The number of hydrogen-bond donors (Lipinski definition) is 2. The molecular weight excluding hydrogens is 252 g/mol. The Morgan fingerprint density at radius 1 is 1.25 bits per heavy atom. The molecule has 0 aliphatic heterocycles. The molecule has 3 N–H and O–H groups in total. The highest BCUT2D eigenvalue weighted by atomic mass is 16.5. The monoisotopic (exact) mass is 278 g/mol. The first-order valence-electron chi connectivity index (χ1n) is 7.56. The molecule has 0 bridgehead atoms. The van der Waals surface area contributed by atoms with Crippen molar-refractivity contribution in [2.75, 3.05) is 25.6 Å². The predicted octanol–water partition coefficient (Wildman–Crippen LogP) is 3.02. The lowest BCUT2D eigenvalue weighted by Crippen LogP contribution is -2.36. The van der Waals surface area contributed by atoms with E-state index in [0.29, 0.717) is 18.6 Å². The summed E-state index contributed by atoms with van der Waals surface area (Å²) in [7, 11) is 1.67. The average molecular weight is 278 g/mol. The first-order chi connectivity index (χ1) is 9.78. The van der Waals surface area contributed by atoms with Crippen LogP contribution in [0.3, 0.4) is 0 Å². The van der Waals surface area contributed by atoms with E-state index in [4.69, 9.17) is 15.2 Å². The van der Waals surface area contributed by atoms with Crippen LogP contribution in [0.2, 0.25) is 0 Å². The van der Waals surface area contributed by atoms with Gasteiger partial charge in [-0.05, 0) is 44.4 Å². The second-order valence-corrected chi connectivity index (χ2v) is 5.33. The standard InChI is InChI=1S/C16H26N2O2/c1-3-20-15-9-8-13(10-16(15)19-2)18-14-7-5-4-6-12(14)11-17/h8-10,12,14,18H,3-7,11,17H2,1-2H3. The summed E-state index contributed by atoms with van der Waals surface area (Å²) >= 11 is 0. The van der Waals surface area contributed by atoms with Gasteiger partial charge in [-0.1, -0.05) is 12.8 Å². The summed E-state index contributed by atoms with van der Waals surface area (Å²) in [6, 6.07) is 6.49. The fraction of sp³-hybridized carbons (Fsp3) is 0.625. The minimum Gasteiger partial charge on any atom is -0.493 e. The molecule has 0 heterocycles. The van der Waals surface area contributed by atoms with E-state index >= 15 is 0 Å². The minimum absolute atomic E-state index is 0.469. The Balaban J connectivity index is 2.08. The van der Waals surface area contributed by atoms with Gasteiger partial charge in [-0.15, -0.1) is 0 Å². The fourth-order valence-corrected chi connectivity index (χ4v) is 2.93. The molecule has 4 nitrogen and oxygen atoms in total. The van der Waals surface area contributed by atoms with Gasteiger partial charge in [0.25, 0.3) is 0 Å². The fourth-order valence-electron chi connectivity index (χ4n) is 2.93. The number of methoxy groups -OCH3 is 1. The summed E-state index contributed by atoms with van der Waals surface area (Å²) in [5.74, 6) is 2.14. The molecule has 1 aliphatic carbocycles. The Labute approximate surface area is 121 Å². The third-order valence-electron chi connectivity index (χ3n) is 4.03. The first kappa shape index (κ1) is 15.0. The third kappa shape index (κ3) is 3.57. The predicted molar refractivity (Wildman–Crippen MR) is 82.6 cm³/mol. The van der Waals surface area contributed by atoms with Crippen molar-refractivity contribution in [1.82, 2.24) is 0 Å². The van der Waals surface area contributed by atoms with Crippen molar-refractivity contribution in [2.45, 2.75) is 38.6 Å². The molecule has 2 unspecified atom stereocenters. The molecule has 4 heteroatoms. The number of nitrogens with two attached hydrogens (primary N) is 1. The van der Waals surface area contributed by atoms with Crippen LogP contribution in [0, 0.1) is 5.92 Å². The maximum Gasteiger partial charge on any atom is 0.162 e. The highest BCUT2D eigenvalue weighted by molar-refractivity contribution is 5.55. The van der Waals surface area contributed by atoms with Gasteiger partial charge in [0.2, 0.25) is 0 Å². The van der Waals surface area contributed by atoms with Gasteiger partial charge in [-0.3, -0.25) is 0 Å². The van der Waals surface area contributed by atoms with E-state index in [1.807, 2.05) is 19.1 Å². The molecule has 1 aromatic rings. The number of anilines is 1. The molecular formula is C16H26N2O2. The summed E-state index contributed by atoms with van der Waals surface area (Å²) in [5, 5.41) is 3.61. The maximum absolute atomic E-state index is 5.88. The highest BCUT2D eigenvalue weighted by Gasteiger charge is 2.23. The smallest absolute Gasteiger partial charge is 0.162 e. The van der Waals surface area contributed by atoms with Gasteiger partial charge in [-0.2, -0.15) is 0 Å². The van der Waals surface area contributed by atoms with Gasteiger partial charge >= 0.3 is 0 Å². The molecule has 1 aliphatic rings. The van der Waals surface area contributed by atoms with E-state index in [9.17, 15) is 0 Å². The van der Waals surface area contributed by atoms with Crippen LogP contribution in [0.25, 0.3) is 0 Å². The molecule has 2 rings (SSSR count). The Kier molecular flexibility index (Phi) is 5.53. The number of hydrogen-bond acceptors (Lipinski definition) is 4. The number of benzene rings is 1. The van der Waals surface area contributed by atoms with Crippen molar-refractivity contribution >= 4 is 5.69 Å². The van der Waals surface area contributed by atoms with Gasteiger partial charge in [0.1, 0.15) is 0 Å². The first-order valence-corrected chi connectivity index (χ1v) is 7.56. The molecule has 0 spiro atoms. The topological polar surface area (TPSA) is 56.5 Å². The van der Waals surface area contributed by atoms with Crippen LogP contribution >= 0.6 is 0 Å². The zero-order valence-electron chi connectivity index (χ0n) is 12.5. The van der Waals surface area contributed by atoms with Crippen LogP contribution in [0.1, 0.15) is 32.6 Å². The van der Waals surface area contributed by atoms with Gasteiger partial charge in [0.05, 0.1) is 13.7 Å². The molecule has 0 radical (unpaired) electrons. The molecule has 0 saturated heterocycles. The highest BCUT2D eigenvalue weighted by Crippen LogP contribution is 2.32. The molecule has 0 amide bonds. The van der Waals surface area contributed by atoms with Crippen molar-refractivity contribution in [3.8, 4) is 11.5 Å². The van der Waals surface area contributed by atoms with E-state index < -0.39 is 0 Å². The van der Waals surface area contributed by atoms with Gasteiger partial charge in [-0.25, -0.2) is 0 Å². The van der Waals surface area contributed by atoms with Crippen molar-refractivity contribution < 1.29 is 9.47 Å². The Morgan fingerprint density at radius 3 is 2.75 bits per heavy atom. The lowest BCUT2D eigenvalue weighted by molar-refractivity contribution is 0.310. The maximum atomic E-state index is 5.88. The van der Waals surface area contributed by atoms with Crippen molar-refractivity contribution in [2.24, 2.45) is 11.7 Å². The second kappa shape index (κ2) is 7.39. The van der Waals surface area contributed by atoms with E-state index in [1.54, 1.807) is 7.11 Å². The van der Waals surface area contributed by atoms with Gasteiger partial charge < -0.3 is 20.5 Å². The Hall–Kier alpha value is -1.42. The summed E-state index contributed by atoms with van der Waals surface area (Å²) in [6.07, 6.45) is 4.99. The Morgan fingerprint density at radius 2 is 2.05 bits per heavy atom. The number of ether oxygens (including phenoxy) is 2. The lowest BCUT2D eigenvalue weighted by atomic mass is 9.84. The minimum atomic E-state index is 0.469. The SMILES string of the molecule is CCOc1ccc(NC2CCCCC2CN)cc1OC. The molecule has 0 aromatic heterocycles. The van der Waals surface area contributed by atoms with E-state index in [-0.39, 0.29) is 0 Å². The summed E-state index contributed by atoms with van der Waals surface area (Å²) in [5.41, 5.74) is 6.96. The largest absolute Gasteiger partial charge is 0.493 e. The van der Waals surface area contributed by atoms with Crippen LogP contribution in [0.4, 0.5) is 5.69 Å². The summed E-state index contributed by atoms with van der Waals surface area (Å²) < 4.78 is 10.9. The molecule has 112 valence electrons. The van der Waals surface area contributed by atoms with Crippen molar-refractivity contribution in [3.63, 3.8) is 0 Å². The van der Waals surface area contributed by atoms with Gasteiger partial charge in [0.15, 0.2) is 11.5 Å². The van der Waals surface area contributed by atoms with Crippen molar-refractivity contribution in [1.29, 1.82) is 0 Å². The van der Waals surface area contributed by atoms with E-state index in [2.05, 4.69) is 11.4 Å². The number of rotatable bonds is 6. The Bertz CT molecular complexity index is 423. The van der Waals surface area contributed by atoms with Gasteiger partial charge in [0, 0.05) is 17.8 Å². The zero-order chi connectivity index (χ0) is 14.4. The molecule has 1 fully saturated rings. The molecule has 1 saturated carbocycles. The van der Waals surface area contributed by atoms with Crippen LogP contribution in [0.15, 0.2) is 18.2 Å². The lowest BCUT2D eigenvalue weighted by Gasteiger charge is -2.32. The molecule has 1 aromatic carbocycles.